The minimum atomic E-state index is -4.56. The number of carboxylic acids is 1. The minimum absolute atomic E-state index is 0.0365. The van der Waals surface area contributed by atoms with E-state index >= 15 is 0 Å². The van der Waals surface area contributed by atoms with Gasteiger partial charge in [0.15, 0.2) is 0 Å². The molecule has 128 valence electrons. The third-order valence-corrected chi connectivity index (χ3v) is 4.26. The summed E-state index contributed by atoms with van der Waals surface area (Å²) < 4.78 is 40.3. The maximum atomic E-state index is 13.4. The van der Waals surface area contributed by atoms with Gasteiger partial charge in [0.2, 0.25) is 0 Å². The number of likely N-dealkylation sites (N-methyl/N-ethyl adjacent to an activating group) is 1. The number of carbonyl (C=O) groups excluding carboxylic acids is 1. The first kappa shape index (κ1) is 18.1. The molecule has 8 heteroatoms. The summed E-state index contributed by atoms with van der Waals surface area (Å²) in [7, 11) is 1.29. The second-order valence-corrected chi connectivity index (χ2v) is 5.94. The van der Waals surface area contributed by atoms with Crippen molar-refractivity contribution in [1.82, 2.24) is 4.90 Å². The Morgan fingerprint density at radius 1 is 1.17 bits per heavy atom. The fourth-order valence-corrected chi connectivity index (χ4v) is 3.10. The number of hydrogen-bond donors (Lipinski definition) is 1. The van der Waals surface area contributed by atoms with Gasteiger partial charge in [0.25, 0.3) is 5.91 Å². The van der Waals surface area contributed by atoms with Gasteiger partial charge in [0.05, 0.1) is 5.56 Å². The van der Waals surface area contributed by atoms with Crippen LogP contribution in [0.5, 0.6) is 0 Å². The zero-order valence-corrected chi connectivity index (χ0v) is 13.7. The van der Waals surface area contributed by atoms with Crippen LogP contribution in [0.25, 0.3) is 10.8 Å². The highest BCUT2D eigenvalue weighted by atomic mass is 32.2. The predicted octanol–water partition coefficient (Wildman–Crippen LogP) is 3.74. The van der Waals surface area contributed by atoms with Crippen LogP contribution in [0.3, 0.4) is 0 Å². The van der Waals surface area contributed by atoms with Gasteiger partial charge in [-0.1, -0.05) is 18.2 Å². The molecule has 0 saturated carbocycles. The van der Waals surface area contributed by atoms with Crippen molar-refractivity contribution in [3.63, 3.8) is 0 Å². The van der Waals surface area contributed by atoms with E-state index in [1.54, 1.807) is 6.26 Å². The van der Waals surface area contributed by atoms with Crippen molar-refractivity contribution in [1.29, 1.82) is 0 Å². The summed E-state index contributed by atoms with van der Waals surface area (Å²) in [5.41, 5.74) is -0.752. The van der Waals surface area contributed by atoms with E-state index in [4.69, 9.17) is 5.11 Å². The van der Waals surface area contributed by atoms with E-state index in [0.29, 0.717) is 0 Å². The number of nitrogens with zero attached hydrogens (tertiary/aromatic N) is 1. The van der Waals surface area contributed by atoms with Gasteiger partial charge in [0.1, 0.15) is 6.54 Å². The van der Waals surface area contributed by atoms with Crippen molar-refractivity contribution in [2.45, 2.75) is 11.1 Å². The molecule has 24 heavy (non-hydrogen) atoms. The third-order valence-electron chi connectivity index (χ3n) is 3.48. The van der Waals surface area contributed by atoms with Crippen molar-refractivity contribution in [3.05, 3.63) is 41.5 Å². The molecule has 0 fully saturated rings. The van der Waals surface area contributed by atoms with Gasteiger partial charge >= 0.3 is 12.1 Å². The number of benzene rings is 2. The van der Waals surface area contributed by atoms with E-state index in [2.05, 4.69) is 0 Å². The Bertz CT molecular complexity index is 805. The van der Waals surface area contributed by atoms with Gasteiger partial charge in [-0.15, -0.1) is 11.8 Å². The Morgan fingerprint density at radius 3 is 2.38 bits per heavy atom. The second kappa shape index (κ2) is 6.72. The first-order valence-electron chi connectivity index (χ1n) is 6.81. The maximum Gasteiger partial charge on any atom is 0.418 e. The number of rotatable bonds is 4. The number of fused-ring (bicyclic) bond motifs is 1. The van der Waals surface area contributed by atoms with Gasteiger partial charge in [0, 0.05) is 17.5 Å². The molecule has 0 aliphatic heterocycles. The van der Waals surface area contributed by atoms with Crippen LogP contribution in [0.1, 0.15) is 15.9 Å². The topological polar surface area (TPSA) is 57.6 Å². The summed E-state index contributed by atoms with van der Waals surface area (Å²) in [6, 6.07) is 6.85. The summed E-state index contributed by atoms with van der Waals surface area (Å²) in [4.78, 5) is 24.1. The van der Waals surface area contributed by atoms with Crippen LogP contribution < -0.4 is 0 Å². The molecule has 0 aliphatic carbocycles. The summed E-state index contributed by atoms with van der Waals surface area (Å²) in [6.07, 6.45) is -3.02. The second-order valence-electron chi connectivity index (χ2n) is 5.10. The van der Waals surface area contributed by atoms with Crippen LogP contribution in [-0.2, 0) is 11.0 Å². The number of aliphatic carboxylic acids is 1. The van der Waals surface area contributed by atoms with E-state index in [-0.39, 0.29) is 21.2 Å². The lowest BCUT2D eigenvalue weighted by atomic mass is 9.99. The first-order chi connectivity index (χ1) is 11.2. The van der Waals surface area contributed by atoms with Gasteiger partial charge in [-0.05, 0) is 29.2 Å². The van der Waals surface area contributed by atoms with Crippen LogP contribution >= 0.6 is 11.8 Å². The average molecular weight is 357 g/mol. The number of carboxylic acid groups (broad SMARTS) is 1. The highest BCUT2D eigenvalue weighted by molar-refractivity contribution is 7.98. The lowest BCUT2D eigenvalue weighted by molar-refractivity contribution is -0.138. The molecule has 0 aliphatic rings. The molecule has 1 amide bonds. The molecular weight excluding hydrogens is 343 g/mol. The quantitative estimate of drug-likeness (QED) is 0.847. The van der Waals surface area contributed by atoms with E-state index in [1.165, 1.54) is 37.4 Å². The number of thioether (sulfide) groups is 1. The monoisotopic (exact) mass is 357 g/mol. The van der Waals surface area contributed by atoms with E-state index in [1.807, 2.05) is 0 Å². The smallest absolute Gasteiger partial charge is 0.418 e. The predicted molar refractivity (Wildman–Crippen MR) is 85.3 cm³/mol. The van der Waals surface area contributed by atoms with Gasteiger partial charge < -0.3 is 10.0 Å². The van der Waals surface area contributed by atoms with Crippen molar-refractivity contribution in [3.8, 4) is 0 Å². The highest BCUT2D eigenvalue weighted by Gasteiger charge is 2.36. The lowest BCUT2D eigenvalue weighted by Crippen LogP contribution is -2.32. The number of carbonyl (C=O) groups is 2. The van der Waals surface area contributed by atoms with Crippen molar-refractivity contribution < 1.29 is 27.9 Å². The Kier molecular flexibility index (Phi) is 5.08. The normalized spacial score (nSPS) is 11.5. The van der Waals surface area contributed by atoms with Crippen molar-refractivity contribution >= 4 is 34.4 Å². The zero-order chi connectivity index (χ0) is 18.1. The van der Waals surface area contributed by atoms with Crippen LogP contribution in [-0.4, -0.2) is 41.7 Å². The molecule has 0 heterocycles. The Balaban J connectivity index is 2.67. The number of halogens is 3. The van der Waals surface area contributed by atoms with E-state index < -0.39 is 30.2 Å². The number of amides is 1. The molecule has 0 aromatic heterocycles. The molecule has 0 radical (unpaired) electrons. The fourth-order valence-electron chi connectivity index (χ4n) is 2.47. The standard InChI is InChI=1S/C16H14F3NO3S/c1-20(8-13(21)22)15(23)11-5-3-4-10-9(11)6-7-12(24-2)14(10)16(17,18)19/h3-7H,8H2,1-2H3,(H,21,22). The van der Waals surface area contributed by atoms with Gasteiger partial charge in [-0.25, -0.2) is 0 Å². The molecule has 0 spiro atoms. The zero-order valence-electron chi connectivity index (χ0n) is 12.8. The van der Waals surface area contributed by atoms with Crippen LogP contribution in [0.15, 0.2) is 35.2 Å². The van der Waals surface area contributed by atoms with Crippen molar-refractivity contribution in [2.24, 2.45) is 0 Å². The summed E-state index contributed by atoms with van der Waals surface area (Å²) in [5.74, 6) is -1.85. The molecule has 0 saturated heterocycles. The molecular formula is C16H14F3NO3S. The minimum Gasteiger partial charge on any atom is -0.480 e. The number of hydrogen-bond acceptors (Lipinski definition) is 3. The van der Waals surface area contributed by atoms with Gasteiger partial charge in [-0.2, -0.15) is 13.2 Å². The molecule has 1 N–H and O–H groups in total. The first-order valence-corrected chi connectivity index (χ1v) is 8.03. The van der Waals surface area contributed by atoms with Crippen LogP contribution in [0.4, 0.5) is 13.2 Å². The highest BCUT2D eigenvalue weighted by Crippen LogP contribution is 2.41. The summed E-state index contributed by atoms with van der Waals surface area (Å²) in [5, 5.41) is 8.83. The SMILES string of the molecule is CSc1ccc2c(C(=O)N(C)CC(=O)O)cccc2c1C(F)(F)F. The Hall–Kier alpha value is -2.22. The largest absolute Gasteiger partial charge is 0.480 e. The molecule has 2 rings (SSSR count). The Labute approximate surface area is 140 Å². The molecule has 0 unspecified atom stereocenters. The molecule has 0 bridgehead atoms. The van der Waals surface area contributed by atoms with Crippen molar-refractivity contribution in [2.75, 3.05) is 19.8 Å². The molecule has 2 aromatic carbocycles. The average Bonchev–Trinajstić information content (AvgIpc) is 2.50. The molecule has 2 aromatic rings. The van der Waals surface area contributed by atoms with Crippen LogP contribution in [0, 0.1) is 0 Å². The van der Waals surface area contributed by atoms with E-state index in [9.17, 15) is 22.8 Å². The maximum absolute atomic E-state index is 13.4. The molecule has 0 atom stereocenters. The number of alkyl halides is 3. The fraction of sp³-hybridized carbons (Fsp3) is 0.250. The molecule has 4 nitrogen and oxygen atoms in total. The summed E-state index contributed by atoms with van der Waals surface area (Å²) >= 11 is 0.973. The van der Waals surface area contributed by atoms with Gasteiger partial charge in [-0.3, -0.25) is 9.59 Å². The van der Waals surface area contributed by atoms with Crippen LogP contribution in [0.2, 0.25) is 0 Å². The third kappa shape index (κ3) is 3.48. The van der Waals surface area contributed by atoms with E-state index in [0.717, 1.165) is 16.7 Å². The summed E-state index contributed by atoms with van der Waals surface area (Å²) in [6.45, 7) is -0.537. The Morgan fingerprint density at radius 2 is 1.83 bits per heavy atom. The lowest BCUT2D eigenvalue weighted by Gasteiger charge is -2.19.